The van der Waals surface area contributed by atoms with Gasteiger partial charge < -0.3 is 18.9 Å². The standard InChI is InChI=1S/C20H23N3O3/c24-20(22-10-15-6-8-25-12-16(15)11-22)18-17-13-26-9-7-23(17)19(21-18)14-4-2-1-3-5-14/h1-5,15-16H,6-13H2. The highest BCUT2D eigenvalue weighted by atomic mass is 16.5. The average molecular weight is 353 g/mol. The maximum absolute atomic E-state index is 13.3. The van der Waals surface area contributed by atoms with Gasteiger partial charge in [0, 0.05) is 37.7 Å². The van der Waals surface area contributed by atoms with Crippen molar-refractivity contribution in [1.82, 2.24) is 14.5 Å². The molecule has 0 saturated carbocycles. The van der Waals surface area contributed by atoms with Crippen LogP contribution in [0.4, 0.5) is 0 Å². The maximum atomic E-state index is 13.3. The molecule has 0 N–H and O–H groups in total. The van der Waals surface area contributed by atoms with Gasteiger partial charge in [-0.25, -0.2) is 4.98 Å². The molecule has 0 bridgehead atoms. The topological polar surface area (TPSA) is 56.6 Å². The van der Waals surface area contributed by atoms with Crippen LogP contribution in [0, 0.1) is 11.8 Å². The van der Waals surface area contributed by atoms with Crippen LogP contribution < -0.4 is 0 Å². The van der Waals surface area contributed by atoms with Gasteiger partial charge in [-0.2, -0.15) is 0 Å². The molecule has 2 aromatic rings. The highest BCUT2D eigenvalue weighted by Crippen LogP contribution is 2.32. The predicted octanol–water partition coefficient (Wildman–Crippen LogP) is 2.19. The second kappa shape index (κ2) is 6.52. The number of amides is 1. The van der Waals surface area contributed by atoms with E-state index in [0.717, 1.165) is 56.4 Å². The number of hydrogen-bond donors (Lipinski definition) is 0. The second-order valence-corrected chi connectivity index (χ2v) is 7.39. The van der Waals surface area contributed by atoms with E-state index in [1.165, 1.54) is 0 Å². The summed E-state index contributed by atoms with van der Waals surface area (Å²) >= 11 is 0. The summed E-state index contributed by atoms with van der Waals surface area (Å²) in [5.41, 5.74) is 2.51. The Bertz CT molecular complexity index is 803. The molecule has 3 aliphatic rings. The molecule has 6 nitrogen and oxygen atoms in total. The van der Waals surface area contributed by atoms with E-state index in [0.29, 0.717) is 30.7 Å². The first kappa shape index (κ1) is 16.0. The van der Waals surface area contributed by atoms with Crippen LogP contribution in [0.15, 0.2) is 30.3 Å². The molecule has 1 amide bonds. The molecule has 0 radical (unpaired) electrons. The number of ether oxygens (including phenoxy) is 2. The first-order valence-electron chi connectivity index (χ1n) is 9.41. The quantitative estimate of drug-likeness (QED) is 0.830. The molecule has 1 aromatic heterocycles. The van der Waals surface area contributed by atoms with Crippen molar-refractivity contribution in [1.29, 1.82) is 0 Å². The van der Waals surface area contributed by atoms with Crippen molar-refractivity contribution in [2.75, 3.05) is 32.9 Å². The molecule has 26 heavy (non-hydrogen) atoms. The van der Waals surface area contributed by atoms with Crippen molar-refractivity contribution in [2.24, 2.45) is 11.8 Å². The number of imidazole rings is 1. The van der Waals surface area contributed by atoms with E-state index >= 15 is 0 Å². The molecule has 0 spiro atoms. The first-order valence-corrected chi connectivity index (χ1v) is 9.41. The maximum Gasteiger partial charge on any atom is 0.274 e. The summed E-state index contributed by atoms with van der Waals surface area (Å²) in [6.07, 6.45) is 1.05. The van der Waals surface area contributed by atoms with Gasteiger partial charge in [0.15, 0.2) is 5.69 Å². The lowest BCUT2D eigenvalue weighted by atomic mass is 9.92. The largest absolute Gasteiger partial charge is 0.381 e. The normalized spacial score (nSPS) is 25.0. The van der Waals surface area contributed by atoms with Gasteiger partial charge in [-0.1, -0.05) is 30.3 Å². The Morgan fingerprint density at radius 1 is 1.08 bits per heavy atom. The van der Waals surface area contributed by atoms with Gasteiger partial charge in [-0.05, 0) is 12.3 Å². The smallest absolute Gasteiger partial charge is 0.274 e. The number of carbonyl (C=O) groups excluding carboxylic acids is 1. The van der Waals surface area contributed by atoms with Crippen LogP contribution in [0.5, 0.6) is 0 Å². The number of carbonyl (C=O) groups is 1. The van der Waals surface area contributed by atoms with Crippen LogP contribution in [0.2, 0.25) is 0 Å². The molecule has 1 aromatic carbocycles. The van der Waals surface area contributed by atoms with Gasteiger partial charge >= 0.3 is 0 Å². The summed E-state index contributed by atoms with van der Waals surface area (Å²) < 4.78 is 13.4. The van der Waals surface area contributed by atoms with Crippen molar-refractivity contribution in [2.45, 2.75) is 19.6 Å². The lowest BCUT2D eigenvalue weighted by Crippen LogP contribution is -2.31. The molecule has 2 atom stereocenters. The number of hydrogen-bond acceptors (Lipinski definition) is 4. The fraction of sp³-hybridized carbons (Fsp3) is 0.500. The van der Waals surface area contributed by atoms with E-state index in [-0.39, 0.29) is 5.91 Å². The fourth-order valence-electron chi connectivity index (χ4n) is 4.42. The Labute approximate surface area is 152 Å². The zero-order valence-corrected chi connectivity index (χ0v) is 14.8. The summed E-state index contributed by atoms with van der Waals surface area (Å²) in [6, 6.07) is 10.1. The molecule has 0 aliphatic carbocycles. The number of benzene rings is 1. The Kier molecular flexibility index (Phi) is 4.02. The molecule has 2 fully saturated rings. The van der Waals surface area contributed by atoms with Crippen molar-refractivity contribution >= 4 is 5.91 Å². The van der Waals surface area contributed by atoms with E-state index in [1.807, 2.05) is 35.2 Å². The third-order valence-corrected chi connectivity index (χ3v) is 5.83. The average Bonchev–Trinajstić information content (AvgIpc) is 3.30. The summed E-state index contributed by atoms with van der Waals surface area (Å²) in [5, 5.41) is 0. The van der Waals surface area contributed by atoms with Crippen molar-refractivity contribution in [3.8, 4) is 11.4 Å². The Morgan fingerprint density at radius 3 is 2.77 bits per heavy atom. The minimum absolute atomic E-state index is 0.0378. The Balaban J connectivity index is 1.49. The van der Waals surface area contributed by atoms with Crippen molar-refractivity contribution < 1.29 is 14.3 Å². The third kappa shape index (κ3) is 2.64. The lowest BCUT2D eigenvalue weighted by Gasteiger charge is -2.23. The Morgan fingerprint density at radius 2 is 1.92 bits per heavy atom. The number of likely N-dealkylation sites (tertiary alicyclic amines) is 1. The van der Waals surface area contributed by atoms with Crippen molar-refractivity contribution in [3.05, 3.63) is 41.7 Å². The number of rotatable bonds is 2. The van der Waals surface area contributed by atoms with Gasteiger partial charge in [0.25, 0.3) is 5.91 Å². The Hall–Kier alpha value is -2.18. The van der Waals surface area contributed by atoms with Gasteiger partial charge in [0.2, 0.25) is 0 Å². The monoisotopic (exact) mass is 353 g/mol. The predicted molar refractivity (Wildman–Crippen MR) is 95.6 cm³/mol. The van der Waals surface area contributed by atoms with Crippen LogP contribution >= 0.6 is 0 Å². The summed E-state index contributed by atoms with van der Waals surface area (Å²) in [6.45, 7) is 5.02. The fourth-order valence-corrected chi connectivity index (χ4v) is 4.42. The molecule has 2 unspecified atom stereocenters. The molecule has 2 saturated heterocycles. The minimum atomic E-state index is 0.0378. The van der Waals surface area contributed by atoms with Gasteiger partial charge in [0.05, 0.1) is 25.5 Å². The van der Waals surface area contributed by atoms with Crippen LogP contribution in [0.1, 0.15) is 22.6 Å². The third-order valence-electron chi connectivity index (χ3n) is 5.83. The summed E-state index contributed by atoms with van der Waals surface area (Å²) in [7, 11) is 0. The molecule has 136 valence electrons. The van der Waals surface area contributed by atoms with Gasteiger partial charge in [-0.15, -0.1) is 0 Å². The SMILES string of the molecule is O=C(c1nc(-c2ccccc2)n2c1COCC2)N1CC2CCOCC2C1. The zero-order chi connectivity index (χ0) is 17.5. The van der Waals surface area contributed by atoms with E-state index < -0.39 is 0 Å². The minimum Gasteiger partial charge on any atom is -0.381 e. The highest BCUT2D eigenvalue weighted by Gasteiger charge is 2.39. The van der Waals surface area contributed by atoms with Crippen LogP contribution in [-0.2, 0) is 22.6 Å². The van der Waals surface area contributed by atoms with E-state index in [2.05, 4.69) is 4.57 Å². The van der Waals surface area contributed by atoms with E-state index in [1.54, 1.807) is 0 Å². The molecular formula is C20H23N3O3. The molecule has 3 aliphatic heterocycles. The zero-order valence-electron chi connectivity index (χ0n) is 14.8. The lowest BCUT2D eigenvalue weighted by molar-refractivity contribution is 0.0370. The van der Waals surface area contributed by atoms with E-state index in [9.17, 15) is 4.79 Å². The summed E-state index contributed by atoms with van der Waals surface area (Å²) in [5.74, 6) is 1.94. The molecule has 6 heteroatoms. The van der Waals surface area contributed by atoms with Crippen molar-refractivity contribution in [3.63, 3.8) is 0 Å². The first-order chi connectivity index (χ1) is 12.8. The summed E-state index contributed by atoms with van der Waals surface area (Å²) in [4.78, 5) is 20.0. The molecule has 5 rings (SSSR count). The van der Waals surface area contributed by atoms with Crippen LogP contribution in [0.25, 0.3) is 11.4 Å². The van der Waals surface area contributed by atoms with Crippen LogP contribution in [0.3, 0.4) is 0 Å². The second-order valence-electron chi connectivity index (χ2n) is 7.39. The van der Waals surface area contributed by atoms with Gasteiger partial charge in [-0.3, -0.25) is 4.79 Å². The number of nitrogens with zero attached hydrogens (tertiary/aromatic N) is 3. The number of aromatic nitrogens is 2. The van der Waals surface area contributed by atoms with Gasteiger partial charge in [0.1, 0.15) is 5.82 Å². The molecule has 4 heterocycles. The van der Waals surface area contributed by atoms with E-state index in [4.69, 9.17) is 14.5 Å². The number of fused-ring (bicyclic) bond motifs is 2. The highest BCUT2D eigenvalue weighted by molar-refractivity contribution is 5.94. The van der Waals surface area contributed by atoms with Crippen LogP contribution in [-0.4, -0.2) is 53.3 Å². The molecular weight excluding hydrogens is 330 g/mol.